The molecular formula is C16H12FN3OS. The summed E-state index contributed by atoms with van der Waals surface area (Å²) in [7, 11) is 0. The lowest BCUT2D eigenvalue weighted by Gasteiger charge is -2.17. The minimum absolute atomic E-state index is 0.242. The van der Waals surface area contributed by atoms with Crippen LogP contribution >= 0.6 is 11.3 Å². The molecule has 0 saturated carbocycles. The van der Waals surface area contributed by atoms with E-state index in [0.29, 0.717) is 0 Å². The highest BCUT2D eigenvalue weighted by atomic mass is 32.1. The van der Waals surface area contributed by atoms with Crippen LogP contribution in [0.25, 0.3) is 0 Å². The molecule has 3 aromatic rings. The van der Waals surface area contributed by atoms with Crippen LogP contribution in [-0.4, -0.2) is 15.9 Å². The Balaban J connectivity index is 1.90. The lowest BCUT2D eigenvalue weighted by molar-refractivity contribution is 0.0938. The van der Waals surface area contributed by atoms with E-state index in [1.165, 1.54) is 42.1 Å². The van der Waals surface area contributed by atoms with Crippen molar-refractivity contribution in [1.82, 2.24) is 15.3 Å². The van der Waals surface area contributed by atoms with Gasteiger partial charge in [0.1, 0.15) is 11.5 Å². The highest BCUT2D eigenvalue weighted by molar-refractivity contribution is 7.10. The largest absolute Gasteiger partial charge is 0.339 e. The molecule has 0 aliphatic rings. The van der Waals surface area contributed by atoms with Gasteiger partial charge in [-0.1, -0.05) is 18.2 Å². The normalized spacial score (nSPS) is 11.9. The zero-order chi connectivity index (χ0) is 15.4. The maximum Gasteiger partial charge on any atom is 0.272 e. The van der Waals surface area contributed by atoms with E-state index in [1.54, 1.807) is 12.1 Å². The Morgan fingerprint density at radius 1 is 1.18 bits per heavy atom. The summed E-state index contributed by atoms with van der Waals surface area (Å²) in [6.45, 7) is 0. The van der Waals surface area contributed by atoms with Crippen LogP contribution < -0.4 is 5.32 Å². The van der Waals surface area contributed by atoms with E-state index >= 15 is 0 Å². The lowest BCUT2D eigenvalue weighted by Crippen LogP contribution is -2.29. The third-order valence-corrected chi connectivity index (χ3v) is 4.04. The van der Waals surface area contributed by atoms with Crippen molar-refractivity contribution < 1.29 is 9.18 Å². The summed E-state index contributed by atoms with van der Waals surface area (Å²) < 4.78 is 13.1. The molecule has 0 aliphatic carbocycles. The number of nitrogens with one attached hydrogen (secondary N) is 1. The second-order valence-electron chi connectivity index (χ2n) is 4.56. The first-order valence-electron chi connectivity index (χ1n) is 6.60. The van der Waals surface area contributed by atoms with Gasteiger partial charge in [-0.25, -0.2) is 9.37 Å². The SMILES string of the molecule is O=C(N[C@H](c1ccc(F)cc1)c1cccs1)c1cnccn1. The molecule has 2 aromatic heterocycles. The highest BCUT2D eigenvalue weighted by Crippen LogP contribution is 2.26. The van der Waals surface area contributed by atoms with Crippen molar-refractivity contribution in [1.29, 1.82) is 0 Å². The van der Waals surface area contributed by atoms with Crippen molar-refractivity contribution >= 4 is 17.2 Å². The summed E-state index contributed by atoms with van der Waals surface area (Å²) in [6, 6.07) is 9.57. The third-order valence-electron chi connectivity index (χ3n) is 3.10. The van der Waals surface area contributed by atoms with Crippen LogP contribution in [0.2, 0.25) is 0 Å². The van der Waals surface area contributed by atoms with Crippen LogP contribution in [0, 0.1) is 5.82 Å². The van der Waals surface area contributed by atoms with Crippen molar-refractivity contribution in [3.63, 3.8) is 0 Å². The van der Waals surface area contributed by atoms with E-state index in [9.17, 15) is 9.18 Å². The average molecular weight is 313 g/mol. The zero-order valence-corrected chi connectivity index (χ0v) is 12.3. The molecule has 0 unspecified atom stereocenters. The lowest BCUT2D eigenvalue weighted by atomic mass is 10.1. The Morgan fingerprint density at radius 2 is 2.00 bits per heavy atom. The molecule has 0 aliphatic heterocycles. The molecule has 1 atom stereocenters. The first-order chi connectivity index (χ1) is 10.7. The van der Waals surface area contributed by atoms with E-state index < -0.39 is 0 Å². The van der Waals surface area contributed by atoms with Crippen molar-refractivity contribution in [2.75, 3.05) is 0 Å². The van der Waals surface area contributed by atoms with Crippen LogP contribution in [0.15, 0.2) is 60.4 Å². The Morgan fingerprint density at radius 3 is 2.64 bits per heavy atom. The van der Waals surface area contributed by atoms with Gasteiger partial charge in [0.05, 0.1) is 12.2 Å². The minimum atomic E-state index is -0.352. The average Bonchev–Trinajstić information content (AvgIpc) is 3.08. The fourth-order valence-corrected chi connectivity index (χ4v) is 2.85. The number of hydrogen-bond acceptors (Lipinski definition) is 4. The number of thiophene rings is 1. The zero-order valence-electron chi connectivity index (χ0n) is 11.4. The molecule has 110 valence electrons. The summed E-state index contributed by atoms with van der Waals surface area (Å²) in [6.07, 6.45) is 4.38. The van der Waals surface area contributed by atoms with Crippen LogP contribution in [0.3, 0.4) is 0 Å². The quantitative estimate of drug-likeness (QED) is 0.805. The van der Waals surface area contributed by atoms with E-state index in [1.807, 2.05) is 17.5 Å². The monoisotopic (exact) mass is 313 g/mol. The van der Waals surface area contributed by atoms with Gasteiger partial charge in [-0.15, -0.1) is 11.3 Å². The minimum Gasteiger partial charge on any atom is -0.339 e. The molecule has 1 N–H and O–H groups in total. The first kappa shape index (κ1) is 14.3. The molecule has 0 radical (unpaired) electrons. The van der Waals surface area contributed by atoms with Gasteiger partial charge in [-0.05, 0) is 29.1 Å². The van der Waals surface area contributed by atoms with Gasteiger partial charge in [-0.2, -0.15) is 0 Å². The predicted octanol–water partition coefficient (Wildman–Crippen LogP) is 3.20. The molecule has 0 saturated heterocycles. The Hall–Kier alpha value is -2.60. The Bertz CT molecular complexity index is 745. The molecule has 22 heavy (non-hydrogen) atoms. The van der Waals surface area contributed by atoms with Crippen LogP contribution in [0.4, 0.5) is 4.39 Å². The smallest absolute Gasteiger partial charge is 0.272 e. The van der Waals surface area contributed by atoms with Gasteiger partial charge in [0.25, 0.3) is 5.91 Å². The number of amides is 1. The van der Waals surface area contributed by atoms with Gasteiger partial charge in [0.2, 0.25) is 0 Å². The number of benzene rings is 1. The van der Waals surface area contributed by atoms with Gasteiger partial charge < -0.3 is 5.32 Å². The number of aromatic nitrogens is 2. The van der Waals surface area contributed by atoms with E-state index in [2.05, 4.69) is 15.3 Å². The maximum absolute atomic E-state index is 13.1. The summed E-state index contributed by atoms with van der Waals surface area (Å²) in [5.74, 6) is -0.634. The van der Waals surface area contributed by atoms with Gasteiger partial charge in [-0.3, -0.25) is 9.78 Å². The number of nitrogens with zero attached hydrogens (tertiary/aromatic N) is 2. The number of halogens is 1. The van der Waals surface area contributed by atoms with E-state index in [4.69, 9.17) is 0 Å². The number of carbonyl (C=O) groups excluding carboxylic acids is 1. The highest BCUT2D eigenvalue weighted by Gasteiger charge is 2.19. The van der Waals surface area contributed by atoms with Crippen molar-refractivity contribution in [3.8, 4) is 0 Å². The van der Waals surface area contributed by atoms with Gasteiger partial charge >= 0.3 is 0 Å². The molecule has 0 fully saturated rings. The molecule has 6 heteroatoms. The summed E-state index contributed by atoms with van der Waals surface area (Å²) in [5.41, 5.74) is 1.05. The topological polar surface area (TPSA) is 54.9 Å². The van der Waals surface area contributed by atoms with Gasteiger partial charge in [0, 0.05) is 17.3 Å². The summed E-state index contributed by atoms with van der Waals surface area (Å²) in [5, 5.41) is 4.85. The Kier molecular flexibility index (Phi) is 4.20. The van der Waals surface area contributed by atoms with Crippen molar-refractivity contribution in [2.24, 2.45) is 0 Å². The van der Waals surface area contributed by atoms with Crippen LogP contribution in [0.5, 0.6) is 0 Å². The Labute approximate surface area is 130 Å². The number of rotatable bonds is 4. The second kappa shape index (κ2) is 6.44. The van der Waals surface area contributed by atoms with E-state index in [0.717, 1.165) is 10.4 Å². The summed E-state index contributed by atoms with van der Waals surface area (Å²) in [4.78, 5) is 21.1. The molecule has 0 spiro atoms. The molecule has 2 heterocycles. The van der Waals surface area contributed by atoms with Gasteiger partial charge in [0.15, 0.2) is 0 Å². The molecule has 3 rings (SSSR count). The third kappa shape index (κ3) is 3.17. The number of carbonyl (C=O) groups is 1. The maximum atomic E-state index is 13.1. The molecule has 0 bridgehead atoms. The number of hydrogen-bond donors (Lipinski definition) is 1. The second-order valence-corrected chi connectivity index (χ2v) is 5.54. The van der Waals surface area contributed by atoms with Crippen molar-refractivity contribution in [3.05, 3.63) is 82.3 Å². The van der Waals surface area contributed by atoms with Crippen LogP contribution in [-0.2, 0) is 0 Å². The van der Waals surface area contributed by atoms with E-state index in [-0.39, 0.29) is 23.5 Å². The fraction of sp³-hybridized carbons (Fsp3) is 0.0625. The van der Waals surface area contributed by atoms with Crippen LogP contribution in [0.1, 0.15) is 27.0 Å². The fourth-order valence-electron chi connectivity index (χ4n) is 2.05. The predicted molar refractivity (Wildman–Crippen MR) is 82.1 cm³/mol. The molecule has 4 nitrogen and oxygen atoms in total. The van der Waals surface area contributed by atoms with Crippen molar-refractivity contribution in [2.45, 2.75) is 6.04 Å². The molecule has 1 aromatic carbocycles. The first-order valence-corrected chi connectivity index (χ1v) is 7.48. The standard InChI is InChI=1S/C16H12FN3OS/c17-12-5-3-11(4-6-12)15(14-2-1-9-22-14)20-16(21)13-10-18-7-8-19-13/h1-10,15H,(H,20,21)/t15-/m1/s1. The molecule has 1 amide bonds. The molecular weight excluding hydrogens is 301 g/mol. The summed E-state index contributed by atoms with van der Waals surface area (Å²) >= 11 is 1.52.